The molecule has 0 radical (unpaired) electrons. The van der Waals surface area contributed by atoms with Crippen LogP contribution in [0, 0.1) is 23.5 Å². The predicted octanol–water partition coefficient (Wildman–Crippen LogP) is 6.48. The van der Waals surface area contributed by atoms with E-state index in [2.05, 4.69) is 26.0 Å². The molecule has 0 amide bonds. The Balaban J connectivity index is 1.76. The Morgan fingerprint density at radius 3 is 1.97 bits per heavy atom. The second-order valence-electron chi connectivity index (χ2n) is 8.82. The maximum absolute atomic E-state index is 13.7. The summed E-state index contributed by atoms with van der Waals surface area (Å²) in [6.07, 6.45) is 1.61. The van der Waals surface area contributed by atoms with Crippen LogP contribution in [0.1, 0.15) is 48.9 Å². The number of hydrogen-bond donors (Lipinski definition) is 0. The van der Waals surface area contributed by atoms with E-state index in [1.165, 1.54) is 24.3 Å². The van der Waals surface area contributed by atoms with Gasteiger partial charge >= 0.3 is 0 Å². The van der Waals surface area contributed by atoms with Crippen LogP contribution >= 0.6 is 0 Å². The minimum absolute atomic E-state index is 0.108. The van der Waals surface area contributed by atoms with Gasteiger partial charge in [-0.1, -0.05) is 62.4 Å². The van der Waals surface area contributed by atoms with Crippen LogP contribution in [-0.4, -0.2) is 0 Å². The fourth-order valence-corrected chi connectivity index (χ4v) is 5.30. The van der Waals surface area contributed by atoms with Gasteiger partial charge in [0.25, 0.3) is 0 Å². The molecule has 6 rings (SSSR count). The van der Waals surface area contributed by atoms with Gasteiger partial charge < -0.3 is 0 Å². The first-order chi connectivity index (χ1) is 14.5. The Morgan fingerprint density at radius 2 is 1.37 bits per heavy atom. The van der Waals surface area contributed by atoms with E-state index in [4.69, 9.17) is 9.78 Å². The second kappa shape index (κ2) is 7.00. The fourth-order valence-electron chi connectivity index (χ4n) is 5.30. The molecule has 2 aliphatic heterocycles. The van der Waals surface area contributed by atoms with E-state index in [-0.39, 0.29) is 17.6 Å². The standard InChI is InChI=1S/C26H24F2O2/c1-17(2)15-20-16-25(18-7-11-21(27)12-8-18)23-5-3-4-6-24(23)26(20,30-29-25)19-9-13-22(28)14-10-19/h3-14,17,20H,15-16H2,1-2H3/t20?,25-,26-/m0/s1. The molecule has 3 aromatic rings. The number of rotatable bonds is 4. The average molecular weight is 406 g/mol. The number of fused-ring (bicyclic) bond motifs is 2. The van der Waals surface area contributed by atoms with E-state index in [9.17, 15) is 8.78 Å². The van der Waals surface area contributed by atoms with Gasteiger partial charge in [-0.3, -0.25) is 0 Å². The molecule has 0 aromatic heterocycles. The number of hydrogen-bond acceptors (Lipinski definition) is 2. The summed E-state index contributed by atoms with van der Waals surface area (Å²) in [5.74, 6) is -0.0169. The van der Waals surface area contributed by atoms with Gasteiger partial charge in [0.1, 0.15) is 11.6 Å². The normalized spacial score (nSPS) is 27.3. The van der Waals surface area contributed by atoms with Crippen LogP contribution in [0.5, 0.6) is 0 Å². The zero-order chi connectivity index (χ0) is 20.9. The van der Waals surface area contributed by atoms with Crippen molar-refractivity contribution in [1.29, 1.82) is 0 Å². The predicted molar refractivity (Wildman–Crippen MR) is 111 cm³/mol. The molecular formula is C26H24F2O2. The lowest BCUT2D eigenvalue weighted by molar-refractivity contribution is -0.458. The van der Waals surface area contributed by atoms with Crippen molar-refractivity contribution in [3.63, 3.8) is 0 Å². The molecule has 0 spiro atoms. The summed E-state index contributed by atoms with van der Waals surface area (Å²) in [5.41, 5.74) is 2.20. The van der Waals surface area contributed by atoms with Crippen molar-refractivity contribution >= 4 is 0 Å². The van der Waals surface area contributed by atoms with Crippen LogP contribution in [0.2, 0.25) is 0 Å². The Kier molecular flexibility index (Phi) is 4.53. The first-order valence-electron chi connectivity index (χ1n) is 10.4. The molecule has 154 valence electrons. The van der Waals surface area contributed by atoms with Crippen LogP contribution in [-0.2, 0) is 21.0 Å². The molecular weight excluding hydrogens is 382 g/mol. The maximum Gasteiger partial charge on any atom is 0.157 e. The Bertz CT molecular complexity index is 1060. The summed E-state index contributed by atoms with van der Waals surface area (Å²) < 4.78 is 27.4. The SMILES string of the molecule is CC(C)CC1C[C@@]2(c3ccc(F)cc3)OO[C@]1(c1ccc(F)cc1)c1ccccc12. The molecule has 1 saturated heterocycles. The molecule has 3 atom stereocenters. The molecule has 1 unspecified atom stereocenters. The van der Waals surface area contributed by atoms with Gasteiger partial charge in [-0.2, -0.15) is 0 Å². The highest BCUT2D eigenvalue weighted by Gasteiger charge is 2.62. The van der Waals surface area contributed by atoms with Crippen LogP contribution in [0.3, 0.4) is 0 Å². The molecule has 1 aliphatic carbocycles. The molecule has 3 aliphatic rings. The maximum atomic E-state index is 13.7. The highest BCUT2D eigenvalue weighted by atomic mass is 19.1. The van der Waals surface area contributed by atoms with Gasteiger partial charge in [-0.05, 0) is 65.3 Å². The van der Waals surface area contributed by atoms with Gasteiger partial charge in [0.05, 0.1) is 0 Å². The number of halogens is 2. The van der Waals surface area contributed by atoms with Crippen molar-refractivity contribution in [1.82, 2.24) is 0 Å². The van der Waals surface area contributed by atoms with Gasteiger partial charge in [0.2, 0.25) is 0 Å². The van der Waals surface area contributed by atoms with Crippen molar-refractivity contribution in [3.05, 3.63) is 107 Å². The largest absolute Gasteiger partial charge is 0.219 e. The summed E-state index contributed by atoms with van der Waals surface area (Å²) in [4.78, 5) is 12.5. The van der Waals surface area contributed by atoms with Crippen molar-refractivity contribution in [2.45, 2.75) is 37.9 Å². The fraction of sp³-hybridized carbons (Fsp3) is 0.308. The smallest absolute Gasteiger partial charge is 0.157 e. The monoisotopic (exact) mass is 406 g/mol. The van der Waals surface area contributed by atoms with Crippen LogP contribution in [0.25, 0.3) is 0 Å². The van der Waals surface area contributed by atoms with Crippen LogP contribution in [0.4, 0.5) is 8.78 Å². The third-order valence-electron chi connectivity index (χ3n) is 6.53. The summed E-state index contributed by atoms with van der Waals surface area (Å²) in [7, 11) is 0. The third kappa shape index (κ3) is 2.74. The highest BCUT2D eigenvalue weighted by Crippen LogP contribution is 2.62. The molecule has 2 bridgehead atoms. The van der Waals surface area contributed by atoms with Crippen molar-refractivity contribution in [3.8, 4) is 0 Å². The average Bonchev–Trinajstić information content (AvgIpc) is 2.75. The zero-order valence-electron chi connectivity index (χ0n) is 17.1. The van der Waals surface area contributed by atoms with Crippen LogP contribution < -0.4 is 0 Å². The van der Waals surface area contributed by atoms with Gasteiger partial charge in [-0.25, -0.2) is 18.6 Å². The Morgan fingerprint density at radius 1 is 0.800 bits per heavy atom. The lowest BCUT2D eigenvalue weighted by Gasteiger charge is -2.57. The van der Waals surface area contributed by atoms with Crippen LogP contribution in [0.15, 0.2) is 72.8 Å². The van der Waals surface area contributed by atoms with E-state index in [1.807, 2.05) is 12.1 Å². The quantitative estimate of drug-likeness (QED) is 0.462. The summed E-state index contributed by atoms with van der Waals surface area (Å²) in [6.45, 7) is 4.38. The van der Waals surface area contributed by atoms with E-state index in [0.29, 0.717) is 12.3 Å². The van der Waals surface area contributed by atoms with E-state index < -0.39 is 11.2 Å². The molecule has 0 saturated carbocycles. The van der Waals surface area contributed by atoms with Gasteiger partial charge in [0.15, 0.2) is 11.2 Å². The van der Waals surface area contributed by atoms with Gasteiger partial charge in [0, 0.05) is 5.92 Å². The van der Waals surface area contributed by atoms with Crippen molar-refractivity contribution in [2.24, 2.45) is 11.8 Å². The van der Waals surface area contributed by atoms with Crippen molar-refractivity contribution in [2.75, 3.05) is 0 Å². The molecule has 2 heterocycles. The van der Waals surface area contributed by atoms with E-state index >= 15 is 0 Å². The van der Waals surface area contributed by atoms with E-state index in [1.54, 1.807) is 24.3 Å². The molecule has 2 nitrogen and oxygen atoms in total. The van der Waals surface area contributed by atoms with Gasteiger partial charge in [-0.15, -0.1) is 0 Å². The Labute approximate surface area is 175 Å². The summed E-state index contributed by atoms with van der Waals surface area (Å²) in [6, 6.07) is 21.1. The summed E-state index contributed by atoms with van der Waals surface area (Å²) in [5, 5.41) is 0. The molecule has 3 aromatic carbocycles. The number of benzene rings is 3. The molecule has 4 heteroatoms. The third-order valence-corrected chi connectivity index (χ3v) is 6.53. The Hall–Kier alpha value is -2.56. The first-order valence-corrected chi connectivity index (χ1v) is 10.4. The van der Waals surface area contributed by atoms with E-state index in [0.717, 1.165) is 28.7 Å². The topological polar surface area (TPSA) is 18.5 Å². The summed E-state index contributed by atoms with van der Waals surface area (Å²) >= 11 is 0. The molecule has 30 heavy (non-hydrogen) atoms. The zero-order valence-corrected chi connectivity index (χ0v) is 17.1. The molecule has 0 N–H and O–H groups in total. The minimum atomic E-state index is -0.809. The lowest BCUT2D eigenvalue weighted by atomic mass is 9.59. The molecule has 1 fully saturated rings. The lowest BCUT2D eigenvalue weighted by Crippen LogP contribution is -2.57. The van der Waals surface area contributed by atoms with Crippen molar-refractivity contribution < 1.29 is 18.6 Å². The highest BCUT2D eigenvalue weighted by molar-refractivity contribution is 5.52. The minimum Gasteiger partial charge on any atom is -0.219 e. The first kappa shape index (κ1) is 19.4. The second-order valence-corrected chi connectivity index (χ2v) is 8.82.